The summed E-state index contributed by atoms with van der Waals surface area (Å²) >= 11 is 3.48. The molecular weight excluding hydrogens is 298 g/mol. The molecule has 1 aliphatic heterocycles. The fraction of sp³-hybridized carbons (Fsp3) is 0.231. The molecule has 0 radical (unpaired) electrons. The molecule has 92 valence electrons. The zero-order chi connectivity index (χ0) is 12.7. The molecule has 2 aromatic rings. The molecule has 5 heteroatoms. The van der Waals surface area contributed by atoms with Gasteiger partial charge in [0.05, 0.1) is 5.52 Å². The molecule has 0 fully saturated rings. The van der Waals surface area contributed by atoms with Gasteiger partial charge >= 0.3 is 5.97 Å². The van der Waals surface area contributed by atoms with Gasteiger partial charge in [-0.2, -0.15) is 0 Å². The van der Waals surface area contributed by atoms with E-state index in [-0.39, 0.29) is 12.6 Å². The molecule has 0 aliphatic carbocycles. The molecule has 0 unspecified atom stereocenters. The van der Waals surface area contributed by atoms with Crippen molar-refractivity contribution in [3.8, 4) is 5.75 Å². The second-order valence-electron chi connectivity index (χ2n) is 4.13. The van der Waals surface area contributed by atoms with Crippen molar-refractivity contribution in [3.05, 3.63) is 33.9 Å². The Morgan fingerprint density at radius 2 is 2.06 bits per heavy atom. The Morgan fingerprint density at radius 1 is 1.28 bits per heavy atom. The Bertz CT molecular complexity index is 654. The maximum Gasteiger partial charge on any atom is 0.343 e. The van der Waals surface area contributed by atoms with Crippen molar-refractivity contribution in [2.75, 3.05) is 13.2 Å². The lowest BCUT2D eigenvalue weighted by atomic mass is 10.1. The molecule has 0 atom stereocenters. The summed E-state index contributed by atoms with van der Waals surface area (Å²) in [5.74, 6) is 0.182. The van der Waals surface area contributed by atoms with E-state index >= 15 is 0 Å². The Hall–Kier alpha value is -1.62. The molecule has 0 saturated heterocycles. The zero-order valence-electron chi connectivity index (χ0n) is 9.70. The van der Waals surface area contributed by atoms with Gasteiger partial charge in [0.25, 0.3) is 0 Å². The zero-order valence-corrected chi connectivity index (χ0v) is 11.3. The van der Waals surface area contributed by atoms with Crippen LogP contribution in [0.1, 0.15) is 15.9 Å². The molecule has 0 saturated carbocycles. The lowest BCUT2D eigenvalue weighted by Crippen LogP contribution is -2.05. The van der Waals surface area contributed by atoms with Crippen molar-refractivity contribution in [3.63, 3.8) is 0 Å². The van der Waals surface area contributed by atoms with E-state index in [9.17, 15) is 4.79 Å². The average Bonchev–Trinajstić information content (AvgIpc) is 2.51. The standard InChI is InChI=1S/C13H10BrNO3/c1-7-4-8-11(10(14)5-7)15-6-9-12(8)17-2-3-18-13(9)16/h4-6H,2-3H2,1H3. The normalized spacial score (nSPS) is 14.7. The lowest BCUT2D eigenvalue weighted by molar-refractivity contribution is 0.0492. The van der Waals surface area contributed by atoms with Gasteiger partial charge in [-0.05, 0) is 40.5 Å². The number of carbonyl (C=O) groups is 1. The fourth-order valence-electron chi connectivity index (χ4n) is 2.03. The quantitative estimate of drug-likeness (QED) is 0.702. The number of aryl methyl sites for hydroxylation is 1. The van der Waals surface area contributed by atoms with Crippen LogP contribution in [0.3, 0.4) is 0 Å². The van der Waals surface area contributed by atoms with E-state index in [1.807, 2.05) is 19.1 Å². The number of carbonyl (C=O) groups excluding carboxylic acids is 1. The minimum atomic E-state index is -0.380. The highest BCUT2D eigenvalue weighted by Crippen LogP contribution is 2.34. The SMILES string of the molecule is Cc1cc(Br)c2ncc3c(c2c1)OCCOC3=O. The van der Waals surface area contributed by atoms with Crippen molar-refractivity contribution in [2.24, 2.45) is 0 Å². The van der Waals surface area contributed by atoms with Gasteiger partial charge < -0.3 is 9.47 Å². The number of pyridine rings is 1. The largest absolute Gasteiger partial charge is 0.488 e. The van der Waals surface area contributed by atoms with Gasteiger partial charge in [0.2, 0.25) is 0 Å². The Balaban J connectivity index is 2.37. The second-order valence-corrected chi connectivity index (χ2v) is 4.98. The highest BCUT2D eigenvalue weighted by atomic mass is 79.9. The number of aromatic nitrogens is 1. The minimum Gasteiger partial charge on any atom is -0.488 e. The second kappa shape index (κ2) is 4.24. The van der Waals surface area contributed by atoms with E-state index in [4.69, 9.17) is 9.47 Å². The third kappa shape index (κ3) is 1.75. The van der Waals surface area contributed by atoms with E-state index < -0.39 is 0 Å². The summed E-state index contributed by atoms with van der Waals surface area (Å²) in [6.45, 7) is 2.62. The van der Waals surface area contributed by atoms with E-state index in [2.05, 4.69) is 20.9 Å². The van der Waals surface area contributed by atoms with Crippen LogP contribution in [0.15, 0.2) is 22.8 Å². The van der Waals surface area contributed by atoms with Crippen LogP contribution in [-0.2, 0) is 4.74 Å². The summed E-state index contributed by atoms with van der Waals surface area (Å²) < 4.78 is 11.5. The molecule has 1 aromatic carbocycles. The van der Waals surface area contributed by atoms with Crippen molar-refractivity contribution < 1.29 is 14.3 Å². The third-order valence-corrected chi connectivity index (χ3v) is 3.41. The molecule has 0 N–H and O–H groups in total. The van der Waals surface area contributed by atoms with E-state index in [0.29, 0.717) is 17.9 Å². The van der Waals surface area contributed by atoms with Crippen LogP contribution in [0.2, 0.25) is 0 Å². The number of nitrogens with zero attached hydrogens (tertiary/aromatic N) is 1. The van der Waals surface area contributed by atoms with Gasteiger partial charge in [-0.1, -0.05) is 0 Å². The smallest absolute Gasteiger partial charge is 0.343 e. The van der Waals surface area contributed by atoms with Gasteiger partial charge in [0.1, 0.15) is 24.5 Å². The van der Waals surface area contributed by atoms with Crippen LogP contribution in [0.25, 0.3) is 10.9 Å². The maximum absolute atomic E-state index is 11.8. The molecule has 0 bridgehead atoms. The molecule has 0 amide bonds. The molecule has 2 heterocycles. The number of hydrogen-bond donors (Lipinski definition) is 0. The van der Waals surface area contributed by atoms with Gasteiger partial charge in [-0.25, -0.2) is 4.79 Å². The van der Waals surface area contributed by atoms with Crippen molar-refractivity contribution >= 4 is 32.8 Å². The first-order chi connectivity index (χ1) is 8.66. The highest BCUT2D eigenvalue weighted by Gasteiger charge is 2.22. The summed E-state index contributed by atoms with van der Waals surface area (Å²) in [6.07, 6.45) is 1.51. The van der Waals surface area contributed by atoms with Crippen molar-refractivity contribution in [1.29, 1.82) is 0 Å². The molecule has 1 aliphatic rings. The van der Waals surface area contributed by atoms with Crippen LogP contribution < -0.4 is 4.74 Å². The molecule has 4 nitrogen and oxygen atoms in total. The monoisotopic (exact) mass is 307 g/mol. The summed E-state index contributed by atoms with van der Waals surface area (Å²) in [6, 6.07) is 3.95. The first kappa shape index (κ1) is 11.5. The number of hydrogen-bond acceptors (Lipinski definition) is 4. The third-order valence-electron chi connectivity index (χ3n) is 2.80. The topological polar surface area (TPSA) is 48.4 Å². The van der Waals surface area contributed by atoms with Gasteiger partial charge in [0, 0.05) is 16.1 Å². The Labute approximate surface area is 112 Å². The number of cyclic esters (lactones) is 1. The summed E-state index contributed by atoms with van der Waals surface area (Å²) in [5.41, 5.74) is 2.25. The number of esters is 1. The van der Waals surface area contributed by atoms with Crippen molar-refractivity contribution in [1.82, 2.24) is 4.98 Å². The number of fused-ring (bicyclic) bond motifs is 3. The molecule has 0 spiro atoms. The number of ether oxygens (including phenoxy) is 2. The maximum atomic E-state index is 11.8. The summed E-state index contributed by atoms with van der Waals surface area (Å²) in [4.78, 5) is 16.1. The van der Waals surface area contributed by atoms with Crippen LogP contribution in [0.5, 0.6) is 5.75 Å². The Kier molecular flexibility index (Phi) is 2.70. The first-order valence-electron chi connectivity index (χ1n) is 5.55. The van der Waals surface area contributed by atoms with Crippen molar-refractivity contribution in [2.45, 2.75) is 6.92 Å². The number of benzene rings is 1. The van der Waals surface area contributed by atoms with Gasteiger partial charge in [-0.15, -0.1) is 0 Å². The number of halogens is 1. The highest BCUT2D eigenvalue weighted by molar-refractivity contribution is 9.10. The van der Waals surface area contributed by atoms with E-state index in [1.165, 1.54) is 6.20 Å². The average molecular weight is 308 g/mol. The Morgan fingerprint density at radius 3 is 2.89 bits per heavy atom. The molecule has 18 heavy (non-hydrogen) atoms. The minimum absolute atomic E-state index is 0.266. The number of rotatable bonds is 0. The molecule has 1 aromatic heterocycles. The summed E-state index contributed by atoms with van der Waals surface area (Å²) in [7, 11) is 0. The predicted octanol–water partition coefficient (Wildman–Crippen LogP) is 2.85. The van der Waals surface area contributed by atoms with Crippen LogP contribution >= 0.6 is 15.9 Å². The first-order valence-corrected chi connectivity index (χ1v) is 6.35. The van der Waals surface area contributed by atoms with E-state index in [0.717, 1.165) is 20.9 Å². The molecular formula is C13H10BrNO3. The predicted molar refractivity (Wildman–Crippen MR) is 70.0 cm³/mol. The summed E-state index contributed by atoms with van der Waals surface area (Å²) in [5, 5.41) is 0.832. The van der Waals surface area contributed by atoms with Crippen LogP contribution in [0.4, 0.5) is 0 Å². The van der Waals surface area contributed by atoms with Gasteiger partial charge in [-0.3, -0.25) is 4.98 Å². The fourth-order valence-corrected chi connectivity index (χ4v) is 2.71. The van der Waals surface area contributed by atoms with Crippen LogP contribution in [0, 0.1) is 6.92 Å². The van der Waals surface area contributed by atoms with E-state index in [1.54, 1.807) is 0 Å². The molecule has 3 rings (SSSR count). The van der Waals surface area contributed by atoms with Gasteiger partial charge in [0.15, 0.2) is 0 Å². The lowest BCUT2D eigenvalue weighted by Gasteiger charge is -2.10. The van der Waals surface area contributed by atoms with Crippen LogP contribution in [-0.4, -0.2) is 24.2 Å².